The maximum atomic E-state index is 4.58. The van der Waals surface area contributed by atoms with E-state index in [2.05, 4.69) is 67.0 Å². The molecule has 0 amide bonds. The predicted molar refractivity (Wildman–Crippen MR) is 112 cm³/mol. The number of aromatic nitrogens is 5. The zero-order valence-electron chi connectivity index (χ0n) is 15.3. The van der Waals surface area contributed by atoms with Gasteiger partial charge in [-0.1, -0.05) is 12.1 Å². The molecule has 0 saturated carbocycles. The number of benzene rings is 2. The highest BCUT2D eigenvalue weighted by atomic mass is 15.1. The number of H-pyrrole nitrogens is 2. The second-order valence-electron chi connectivity index (χ2n) is 6.73. The van der Waals surface area contributed by atoms with Gasteiger partial charge in [-0.3, -0.25) is 5.10 Å². The van der Waals surface area contributed by atoms with Gasteiger partial charge in [-0.25, -0.2) is 4.98 Å². The smallest absolute Gasteiger partial charge is 0.229 e. The molecule has 0 unspecified atom stereocenters. The summed E-state index contributed by atoms with van der Waals surface area (Å²) in [6, 6.07) is 14.4. The molecular weight excluding hydrogens is 350 g/mol. The van der Waals surface area contributed by atoms with Crippen LogP contribution in [0, 0.1) is 6.92 Å². The van der Waals surface area contributed by atoms with Gasteiger partial charge in [0.2, 0.25) is 5.95 Å². The van der Waals surface area contributed by atoms with Crippen LogP contribution in [0.15, 0.2) is 61.1 Å². The van der Waals surface area contributed by atoms with E-state index < -0.39 is 0 Å². The van der Waals surface area contributed by atoms with E-state index in [9.17, 15) is 0 Å². The van der Waals surface area contributed by atoms with Crippen LogP contribution < -0.4 is 10.6 Å². The van der Waals surface area contributed by atoms with E-state index in [-0.39, 0.29) is 0 Å². The number of fused-ring (bicyclic) bond motifs is 2. The summed E-state index contributed by atoms with van der Waals surface area (Å²) in [7, 11) is 0. The fraction of sp³-hybridized carbons (Fsp3) is 0.0952. The summed E-state index contributed by atoms with van der Waals surface area (Å²) in [6.45, 7) is 2.74. The third-order valence-electron chi connectivity index (χ3n) is 4.82. The lowest BCUT2D eigenvalue weighted by Crippen LogP contribution is -2.04. The van der Waals surface area contributed by atoms with Gasteiger partial charge in [-0.2, -0.15) is 10.1 Å². The molecule has 138 valence electrons. The lowest BCUT2D eigenvalue weighted by molar-refractivity contribution is 1.09. The Morgan fingerprint density at radius 3 is 3.00 bits per heavy atom. The number of aryl methyl sites for hydroxylation is 1. The van der Waals surface area contributed by atoms with Gasteiger partial charge in [-0.15, -0.1) is 0 Å². The Labute approximate surface area is 161 Å². The number of hydrogen-bond donors (Lipinski definition) is 4. The van der Waals surface area contributed by atoms with Crippen molar-refractivity contribution in [3.8, 4) is 0 Å². The maximum absolute atomic E-state index is 4.58. The molecular formula is C21H19N7. The standard InChI is InChI=1S/C21H19N7/c1-13-2-4-18(16-12-25-28-20(13)16)26-21-23-9-7-19(27-21)24-11-14-3-5-17-15(10-14)6-8-22-17/h2-10,12,22H,11H2,1H3,(H,25,28)(H2,23,24,26,27). The molecule has 2 aromatic carbocycles. The van der Waals surface area contributed by atoms with E-state index in [1.165, 1.54) is 10.9 Å². The van der Waals surface area contributed by atoms with Crippen molar-refractivity contribution in [2.45, 2.75) is 13.5 Å². The number of nitrogens with one attached hydrogen (secondary N) is 4. The Morgan fingerprint density at radius 2 is 2.04 bits per heavy atom. The van der Waals surface area contributed by atoms with Crippen molar-refractivity contribution >= 4 is 39.3 Å². The molecule has 0 atom stereocenters. The van der Waals surface area contributed by atoms with Crippen molar-refractivity contribution in [1.29, 1.82) is 0 Å². The average molecular weight is 369 g/mol. The summed E-state index contributed by atoms with van der Waals surface area (Å²) in [6.07, 6.45) is 5.50. The van der Waals surface area contributed by atoms with Gasteiger partial charge >= 0.3 is 0 Å². The van der Waals surface area contributed by atoms with E-state index in [1.54, 1.807) is 6.20 Å². The molecule has 0 fully saturated rings. The number of nitrogens with zero attached hydrogens (tertiary/aromatic N) is 3. The Balaban J connectivity index is 1.34. The van der Waals surface area contributed by atoms with E-state index in [1.807, 2.05) is 30.6 Å². The van der Waals surface area contributed by atoms with Gasteiger partial charge in [0.25, 0.3) is 0 Å². The molecule has 4 N–H and O–H groups in total. The lowest BCUT2D eigenvalue weighted by Gasteiger charge is -2.10. The lowest BCUT2D eigenvalue weighted by atomic mass is 10.1. The normalized spacial score (nSPS) is 11.2. The molecule has 3 aromatic heterocycles. The fourth-order valence-corrected chi connectivity index (χ4v) is 3.32. The zero-order valence-corrected chi connectivity index (χ0v) is 15.3. The van der Waals surface area contributed by atoms with E-state index >= 15 is 0 Å². The second-order valence-corrected chi connectivity index (χ2v) is 6.73. The third-order valence-corrected chi connectivity index (χ3v) is 4.82. The van der Waals surface area contributed by atoms with Gasteiger partial charge in [0.1, 0.15) is 5.82 Å². The first-order valence-electron chi connectivity index (χ1n) is 9.09. The van der Waals surface area contributed by atoms with Crippen molar-refractivity contribution in [3.63, 3.8) is 0 Å². The van der Waals surface area contributed by atoms with Gasteiger partial charge < -0.3 is 15.6 Å². The number of rotatable bonds is 5. The molecule has 0 aliphatic carbocycles. The first-order chi connectivity index (χ1) is 13.8. The number of aromatic amines is 2. The summed E-state index contributed by atoms with van der Waals surface area (Å²) < 4.78 is 0. The van der Waals surface area contributed by atoms with Gasteiger partial charge in [0, 0.05) is 29.8 Å². The van der Waals surface area contributed by atoms with Crippen LogP contribution in [-0.2, 0) is 6.54 Å². The molecule has 0 spiro atoms. The van der Waals surface area contributed by atoms with E-state index in [4.69, 9.17) is 0 Å². The minimum Gasteiger partial charge on any atom is -0.366 e. The van der Waals surface area contributed by atoms with Crippen LogP contribution in [0.3, 0.4) is 0 Å². The van der Waals surface area contributed by atoms with Gasteiger partial charge in [0.15, 0.2) is 0 Å². The Kier molecular flexibility index (Phi) is 3.90. The summed E-state index contributed by atoms with van der Waals surface area (Å²) in [5.41, 5.74) is 5.41. The van der Waals surface area contributed by atoms with Crippen LogP contribution in [0.25, 0.3) is 21.8 Å². The predicted octanol–water partition coefficient (Wildman–Crippen LogP) is 4.50. The highest BCUT2D eigenvalue weighted by molar-refractivity contribution is 5.94. The summed E-state index contributed by atoms with van der Waals surface area (Å²) >= 11 is 0. The minimum absolute atomic E-state index is 0.539. The second kappa shape index (κ2) is 6.70. The average Bonchev–Trinajstić information content (AvgIpc) is 3.38. The molecule has 0 aliphatic heterocycles. The summed E-state index contributed by atoms with van der Waals surface area (Å²) in [5, 5.41) is 16.0. The SMILES string of the molecule is Cc1ccc(Nc2nccc(NCc3ccc4[nH]ccc4c3)n2)c2cn[nH]c12. The van der Waals surface area contributed by atoms with Crippen LogP contribution >= 0.6 is 0 Å². The Bertz CT molecular complexity index is 1270. The zero-order chi connectivity index (χ0) is 18.9. The number of hydrogen-bond acceptors (Lipinski definition) is 5. The number of anilines is 3. The first-order valence-corrected chi connectivity index (χ1v) is 9.09. The van der Waals surface area contributed by atoms with E-state index in [0.29, 0.717) is 12.5 Å². The van der Waals surface area contributed by atoms with Crippen molar-refractivity contribution in [2.75, 3.05) is 10.6 Å². The van der Waals surface area contributed by atoms with Crippen LogP contribution in [0.2, 0.25) is 0 Å². The van der Waals surface area contributed by atoms with Gasteiger partial charge in [0.05, 0.1) is 17.4 Å². The fourth-order valence-electron chi connectivity index (χ4n) is 3.32. The van der Waals surface area contributed by atoms with Crippen molar-refractivity contribution < 1.29 is 0 Å². The molecule has 7 nitrogen and oxygen atoms in total. The Morgan fingerprint density at radius 1 is 1.07 bits per heavy atom. The van der Waals surface area contributed by atoms with Crippen LogP contribution in [0.1, 0.15) is 11.1 Å². The Hall–Kier alpha value is -3.87. The van der Waals surface area contributed by atoms with E-state index in [0.717, 1.165) is 33.5 Å². The molecule has 0 saturated heterocycles. The maximum Gasteiger partial charge on any atom is 0.229 e. The first kappa shape index (κ1) is 16.3. The largest absolute Gasteiger partial charge is 0.366 e. The molecule has 28 heavy (non-hydrogen) atoms. The van der Waals surface area contributed by atoms with Crippen molar-refractivity contribution in [1.82, 2.24) is 25.1 Å². The molecule has 5 rings (SSSR count). The molecule has 7 heteroatoms. The highest BCUT2D eigenvalue weighted by Gasteiger charge is 2.07. The molecule has 0 bridgehead atoms. The highest BCUT2D eigenvalue weighted by Crippen LogP contribution is 2.26. The van der Waals surface area contributed by atoms with Crippen LogP contribution in [-0.4, -0.2) is 25.1 Å². The molecule has 3 heterocycles. The molecule has 0 radical (unpaired) electrons. The quantitative estimate of drug-likeness (QED) is 0.366. The van der Waals surface area contributed by atoms with Crippen molar-refractivity contribution in [2.24, 2.45) is 0 Å². The minimum atomic E-state index is 0.539. The van der Waals surface area contributed by atoms with Crippen LogP contribution in [0.5, 0.6) is 0 Å². The topological polar surface area (TPSA) is 94.3 Å². The summed E-state index contributed by atoms with van der Waals surface area (Å²) in [5.74, 6) is 1.31. The summed E-state index contributed by atoms with van der Waals surface area (Å²) in [4.78, 5) is 12.1. The van der Waals surface area contributed by atoms with Gasteiger partial charge in [-0.05, 0) is 53.8 Å². The molecule has 5 aromatic rings. The molecule has 0 aliphatic rings. The van der Waals surface area contributed by atoms with Crippen LogP contribution in [0.4, 0.5) is 17.5 Å². The monoisotopic (exact) mass is 369 g/mol. The third kappa shape index (κ3) is 3.03. The van der Waals surface area contributed by atoms with Crippen molar-refractivity contribution in [3.05, 3.63) is 72.2 Å².